The molecule has 1 rings (SSSR count). The molecule has 13 heavy (non-hydrogen) atoms. The van der Waals surface area contributed by atoms with E-state index < -0.39 is 12.0 Å². The highest BCUT2D eigenvalue weighted by Gasteiger charge is 2.19. The van der Waals surface area contributed by atoms with Crippen LogP contribution in [-0.4, -0.2) is 4.98 Å². The van der Waals surface area contributed by atoms with Crippen LogP contribution in [-0.2, 0) is 0 Å². The lowest BCUT2D eigenvalue weighted by Crippen LogP contribution is -1.96. The van der Waals surface area contributed by atoms with Crippen molar-refractivity contribution in [1.29, 1.82) is 5.26 Å². The lowest BCUT2D eigenvalue weighted by atomic mass is 10.2. The van der Waals surface area contributed by atoms with Crippen molar-refractivity contribution in [2.24, 2.45) is 0 Å². The Morgan fingerprint density at radius 2 is 2.23 bits per heavy atom. The smallest absolute Gasteiger partial charge is 0.243 e. The highest BCUT2D eigenvalue weighted by Crippen LogP contribution is 2.33. The summed E-state index contributed by atoms with van der Waals surface area (Å²) in [5.41, 5.74) is -0.777. The summed E-state index contributed by atoms with van der Waals surface area (Å²) in [6.07, 6.45) is -1.62. The van der Waals surface area contributed by atoms with Crippen molar-refractivity contribution in [3.63, 3.8) is 0 Å². The standard InChI is InChI=1S/C7H2BrClF2N2/c8-6-3(9)2-13-4(1-12)5(6)7(10)11/h2,7H. The molecular formula is C7H2BrClF2N2. The number of hydrogen-bond donors (Lipinski definition) is 0. The number of pyridine rings is 1. The Labute approximate surface area is 86.3 Å². The van der Waals surface area contributed by atoms with E-state index in [4.69, 9.17) is 16.9 Å². The van der Waals surface area contributed by atoms with Gasteiger partial charge in [0.25, 0.3) is 6.43 Å². The van der Waals surface area contributed by atoms with Crippen LogP contribution in [0.15, 0.2) is 10.7 Å². The third-order valence-electron chi connectivity index (χ3n) is 1.33. The Morgan fingerprint density at radius 1 is 1.62 bits per heavy atom. The Bertz CT molecular complexity index is 375. The summed E-state index contributed by atoms with van der Waals surface area (Å²) in [5, 5.41) is 8.54. The van der Waals surface area contributed by atoms with Crippen molar-refractivity contribution in [2.75, 3.05) is 0 Å². The van der Waals surface area contributed by atoms with Gasteiger partial charge in [0.1, 0.15) is 6.07 Å². The monoisotopic (exact) mass is 266 g/mol. The Morgan fingerprint density at radius 3 is 2.69 bits per heavy atom. The van der Waals surface area contributed by atoms with Crippen molar-refractivity contribution in [1.82, 2.24) is 4.98 Å². The molecule has 0 radical (unpaired) electrons. The van der Waals surface area contributed by atoms with Crippen molar-refractivity contribution < 1.29 is 8.78 Å². The summed E-state index contributed by atoms with van der Waals surface area (Å²) in [6.45, 7) is 0. The average molecular weight is 267 g/mol. The minimum atomic E-state index is -2.77. The molecule has 6 heteroatoms. The highest BCUT2D eigenvalue weighted by molar-refractivity contribution is 9.10. The Kier molecular flexibility index (Phi) is 3.17. The maximum absolute atomic E-state index is 12.4. The number of nitrogens with zero attached hydrogens (tertiary/aromatic N) is 2. The summed E-state index contributed by atoms with van der Waals surface area (Å²) >= 11 is 8.40. The first kappa shape index (κ1) is 10.4. The van der Waals surface area contributed by atoms with Gasteiger partial charge in [-0.1, -0.05) is 11.6 Å². The zero-order valence-electron chi connectivity index (χ0n) is 6.06. The van der Waals surface area contributed by atoms with E-state index in [0.29, 0.717) is 0 Å². The number of rotatable bonds is 1. The zero-order chi connectivity index (χ0) is 10.0. The van der Waals surface area contributed by atoms with Gasteiger partial charge in [-0.05, 0) is 15.9 Å². The van der Waals surface area contributed by atoms with Crippen LogP contribution in [0.3, 0.4) is 0 Å². The molecule has 0 fully saturated rings. The maximum Gasteiger partial charge on any atom is 0.267 e. The Hall–Kier alpha value is -0.730. The minimum Gasteiger partial charge on any atom is -0.243 e. The van der Waals surface area contributed by atoms with Crippen molar-refractivity contribution in [3.8, 4) is 6.07 Å². The fourth-order valence-electron chi connectivity index (χ4n) is 0.768. The highest BCUT2D eigenvalue weighted by atomic mass is 79.9. The van der Waals surface area contributed by atoms with Gasteiger partial charge in [0.05, 0.1) is 10.6 Å². The molecule has 0 N–H and O–H groups in total. The molecule has 0 aliphatic rings. The molecule has 0 unspecified atom stereocenters. The van der Waals surface area contributed by atoms with Gasteiger partial charge >= 0.3 is 0 Å². The summed E-state index contributed by atoms with van der Waals surface area (Å²) in [4.78, 5) is 3.48. The molecule has 2 nitrogen and oxygen atoms in total. The molecule has 0 aliphatic carbocycles. The number of aromatic nitrogens is 1. The third-order valence-corrected chi connectivity index (χ3v) is 2.70. The zero-order valence-corrected chi connectivity index (χ0v) is 8.40. The van der Waals surface area contributed by atoms with Crippen LogP contribution >= 0.6 is 27.5 Å². The van der Waals surface area contributed by atoms with Gasteiger partial charge in [-0.2, -0.15) is 5.26 Å². The van der Waals surface area contributed by atoms with E-state index in [1.54, 1.807) is 6.07 Å². The van der Waals surface area contributed by atoms with Crippen LogP contribution < -0.4 is 0 Å². The average Bonchev–Trinajstić information content (AvgIpc) is 2.08. The molecule has 0 saturated heterocycles. The first-order valence-electron chi connectivity index (χ1n) is 3.10. The number of nitriles is 1. The second-order valence-electron chi connectivity index (χ2n) is 2.09. The minimum absolute atomic E-state index is 0.0238. The van der Waals surface area contributed by atoms with Gasteiger partial charge in [-0.15, -0.1) is 0 Å². The normalized spacial score (nSPS) is 10.2. The van der Waals surface area contributed by atoms with E-state index in [-0.39, 0.29) is 15.2 Å². The van der Waals surface area contributed by atoms with Gasteiger partial charge in [0.15, 0.2) is 5.69 Å². The van der Waals surface area contributed by atoms with E-state index in [2.05, 4.69) is 20.9 Å². The topological polar surface area (TPSA) is 36.7 Å². The van der Waals surface area contributed by atoms with Crippen molar-refractivity contribution in [3.05, 3.63) is 26.9 Å². The lowest BCUT2D eigenvalue weighted by Gasteiger charge is -2.05. The summed E-state index contributed by atoms with van der Waals surface area (Å²) in [7, 11) is 0. The van der Waals surface area contributed by atoms with Crippen molar-refractivity contribution in [2.45, 2.75) is 6.43 Å². The van der Waals surface area contributed by atoms with Gasteiger partial charge in [-0.25, -0.2) is 13.8 Å². The first-order chi connectivity index (χ1) is 6.07. The van der Waals surface area contributed by atoms with Crippen LogP contribution in [0, 0.1) is 11.3 Å². The largest absolute Gasteiger partial charge is 0.267 e. The molecule has 68 valence electrons. The van der Waals surface area contributed by atoms with Gasteiger partial charge in [-0.3, -0.25) is 0 Å². The third kappa shape index (κ3) is 1.95. The SMILES string of the molecule is N#Cc1ncc(Cl)c(Br)c1C(F)F. The number of halogens is 4. The quantitative estimate of drug-likeness (QED) is 0.783. The Balaban J connectivity index is 3.43. The van der Waals surface area contributed by atoms with Gasteiger partial charge < -0.3 is 0 Å². The fraction of sp³-hybridized carbons (Fsp3) is 0.143. The van der Waals surface area contributed by atoms with E-state index in [0.717, 1.165) is 6.20 Å². The van der Waals surface area contributed by atoms with Crippen LogP contribution in [0.4, 0.5) is 8.78 Å². The maximum atomic E-state index is 12.4. The van der Waals surface area contributed by atoms with Gasteiger partial charge in [0, 0.05) is 10.7 Å². The molecule has 0 saturated carbocycles. The van der Waals surface area contributed by atoms with E-state index in [1.165, 1.54) is 0 Å². The predicted molar refractivity (Wildman–Crippen MR) is 46.6 cm³/mol. The molecule has 1 aromatic rings. The van der Waals surface area contributed by atoms with Crippen LogP contribution in [0.25, 0.3) is 0 Å². The van der Waals surface area contributed by atoms with E-state index in [1.807, 2.05) is 0 Å². The molecule has 0 aliphatic heterocycles. The molecular weight excluding hydrogens is 265 g/mol. The summed E-state index contributed by atoms with van der Waals surface area (Å²) < 4.78 is 24.8. The molecule has 0 bridgehead atoms. The lowest BCUT2D eigenvalue weighted by molar-refractivity contribution is 0.149. The van der Waals surface area contributed by atoms with E-state index >= 15 is 0 Å². The van der Waals surface area contributed by atoms with Crippen LogP contribution in [0.5, 0.6) is 0 Å². The molecule has 0 spiro atoms. The van der Waals surface area contributed by atoms with Crippen molar-refractivity contribution >= 4 is 27.5 Å². The molecule has 0 aromatic carbocycles. The van der Waals surface area contributed by atoms with Crippen LogP contribution in [0.1, 0.15) is 17.7 Å². The van der Waals surface area contributed by atoms with Crippen LogP contribution in [0.2, 0.25) is 5.02 Å². The van der Waals surface area contributed by atoms with Gasteiger partial charge in [0.2, 0.25) is 0 Å². The second kappa shape index (κ2) is 3.99. The molecule has 1 heterocycles. The fourth-order valence-corrected chi connectivity index (χ4v) is 1.38. The summed E-state index contributed by atoms with van der Waals surface area (Å²) in [5.74, 6) is 0. The summed E-state index contributed by atoms with van der Waals surface area (Å²) in [6, 6.07) is 1.57. The number of alkyl halides is 2. The number of hydrogen-bond acceptors (Lipinski definition) is 2. The molecule has 0 atom stereocenters. The molecule has 0 amide bonds. The van der Waals surface area contributed by atoms with E-state index in [9.17, 15) is 8.78 Å². The predicted octanol–water partition coefficient (Wildman–Crippen LogP) is 3.31. The first-order valence-corrected chi connectivity index (χ1v) is 4.27. The second-order valence-corrected chi connectivity index (χ2v) is 3.30. The molecule has 1 aromatic heterocycles.